The van der Waals surface area contributed by atoms with E-state index >= 15 is 0 Å². The van der Waals surface area contributed by atoms with Gasteiger partial charge < -0.3 is 14.6 Å². The fourth-order valence-corrected chi connectivity index (χ4v) is 1.83. The normalized spacial score (nSPS) is 12.4. The van der Waals surface area contributed by atoms with Crippen LogP contribution in [0.3, 0.4) is 0 Å². The Kier molecular flexibility index (Phi) is 4.34. The molecule has 1 atom stereocenters. The second kappa shape index (κ2) is 6.00. The molecule has 0 saturated carbocycles. The second-order valence-electron chi connectivity index (χ2n) is 4.70. The van der Waals surface area contributed by atoms with Crippen molar-refractivity contribution in [1.29, 1.82) is 0 Å². The predicted molar refractivity (Wildman–Crippen MR) is 73.9 cm³/mol. The van der Waals surface area contributed by atoms with E-state index in [0.717, 1.165) is 5.82 Å². The van der Waals surface area contributed by atoms with Gasteiger partial charge in [-0.2, -0.15) is 0 Å². The Balaban J connectivity index is 2.07. The summed E-state index contributed by atoms with van der Waals surface area (Å²) in [7, 11) is 3.66. The Morgan fingerprint density at radius 2 is 2.15 bits per heavy atom. The maximum Gasteiger partial charge on any atom is 0.170 e. The van der Waals surface area contributed by atoms with Crippen molar-refractivity contribution in [2.45, 2.75) is 26.5 Å². The number of halogens is 1. The lowest BCUT2D eigenvalue weighted by Crippen LogP contribution is -2.14. The molecule has 1 aromatic carbocycles. The first-order chi connectivity index (χ1) is 9.52. The van der Waals surface area contributed by atoms with Crippen LogP contribution in [0.15, 0.2) is 18.2 Å². The van der Waals surface area contributed by atoms with Crippen LogP contribution in [-0.2, 0) is 13.7 Å². The molecule has 1 unspecified atom stereocenters. The van der Waals surface area contributed by atoms with Crippen molar-refractivity contribution in [3.8, 4) is 5.75 Å². The molecule has 2 aromatic rings. The molecule has 0 amide bonds. The van der Waals surface area contributed by atoms with Gasteiger partial charge in [-0.1, -0.05) is 6.07 Å². The Hall–Kier alpha value is -1.95. The fourth-order valence-electron chi connectivity index (χ4n) is 1.83. The third-order valence-electron chi connectivity index (χ3n) is 3.42. The van der Waals surface area contributed by atoms with Gasteiger partial charge in [-0.05, 0) is 27.0 Å². The predicted octanol–water partition coefficient (Wildman–Crippen LogP) is 2.12. The lowest BCUT2D eigenvalue weighted by molar-refractivity contribution is 0.289. The zero-order valence-corrected chi connectivity index (χ0v) is 12.1. The first kappa shape index (κ1) is 14.5. The summed E-state index contributed by atoms with van der Waals surface area (Å²) in [5.74, 6) is 1.72. The monoisotopic (exact) mass is 278 g/mol. The summed E-state index contributed by atoms with van der Waals surface area (Å²) in [6, 6.07) is 4.85. The van der Waals surface area contributed by atoms with Crippen LogP contribution in [-0.4, -0.2) is 21.8 Å². The van der Waals surface area contributed by atoms with Crippen LogP contribution in [0.4, 0.5) is 4.39 Å². The Morgan fingerprint density at radius 3 is 2.70 bits per heavy atom. The van der Waals surface area contributed by atoms with Gasteiger partial charge in [-0.15, -0.1) is 10.2 Å². The molecule has 0 aliphatic carbocycles. The topological polar surface area (TPSA) is 52.0 Å². The van der Waals surface area contributed by atoms with Crippen molar-refractivity contribution in [3.05, 3.63) is 41.2 Å². The van der Waals surface area contributed by atoms with Gasteiger partial charge >= 0.3 is 0 Å². The maximum absolute atomic E-state index is 13.9. The summed E-state index contributed by atoms with van der Waals surface area (Å²) >= 11 is 0. The van der Waals surface area contributed by atoms with Crippen LogP contribution >= 0.6 is 0 Å². The highest BCUT2D eigenvalue weighted by Crippen LogP contribution is 2.22. The number of aryl methyl sites for hydroxylation is 1. The highest BCUT2D eigenvalue weighted by Gasteiger charge is 2.11. The lowest BCUT2D eigenvalue weighted by atomic mass is 10.1. The van der Waals surface area contributed by atoms with E-state index < -0.39 is 0 Å². The molecule has 0 aliphatic rings. The van der Waals surface area contributed by atoms with Crippen molar-refractivity contribution >= 4 is 0 Å². The number of ether oxygens (including phenoxy) is 1. The molecule has 20 heavy (non-hydrogen) atoms. The second-order valence-corrected chi connectivity index (χ2v) is 4.70. The lowest BCUT2D eigenvalue weighted by Gasteiger charge is -2.13. The van der Waals surface area contributed by atoms with Gasteiger partial charge in [0.25, 0.3) is 0 Å². The van der Waals surface area contributed by atoms with E-state index in [0.29, 0.717) is 17.1 Å². The summed E-state index contributed by atoms with van der Waals surface area (Å²) in [5, 5.41) is 10.9. The van der Waals surface area contributed by atoms with Crippen molar-refractivity contribution in [1.82, 2.24) is 20.1 Å². The number of hydrogen-bond acceptors (Lipinski definition) is 4. The molecular weight excluding hydrogens is 259 g/mol. The highest BCUT2D eigenvalue weighted by molar-refractivity contribution is 5.30. The smallest absolute Gasteiger partial charge is 0.170 e. The van der Waals surface area contributed by atoms with Gasteiger partial charge in [0.1, 0.15) is 24.0 Å². The third-order valence-corrected chi connectivity index (χ3v) is 3.42. The quantitative estimate of drug-likeness (QED) is 0.910. The largest absolute Gasteiger partial charge is 0.486 e. The molecule has 6 heteroatoms. The summed E-state index contributed by atoms with van der Waals surface area (Å²) in [5.41, 5.74) is 0.620. The summed E-state index contributed by atoms with van der Waals surface area (Å²) < 4.78 is 21.3. The van der Waals surface area contributed by atoms with Gasteiger partial charge in [0.15, 0.2) is 5.82 Å². The van der Waals surface area contributed by atoms with Gasteiger partial charge in [0.2, 0.25) is 0 Å². The van der Waals surface area contributed by atoms with E-state index in [-0.39, 0.29) is 18.5 Å². The van der Waals surface area contributed by atoms with Crippen LogP contribution in [0.25, 0.3) is 0 Å². The molecule has 1 heterocycles. The number of benzene rings is 1. The first-order valence-corrected chi connectivity index (χ1v) is 6.47. The molecule has 0 fully saturated rings. The maximum atomic E-state index is 13.9. The SMILES string of the molecule is CNC(C)c1ccc(OCc2nnc(C)n2C)cc1F. The number of rotatable bonds is 5. The van der Waals surface area contributed by atoms with Gasteiger partial charge in [0, 0.05) is 24.7 Å². The van der Waals surface area contributed by atoms with Gasteiger partial charge in [-0.25, -0.2) is 4.39 Å². The molecule has 2 rings (SSSR count). The zero-order chi connectivity index (χ0) is 14.7. The molecule has 5 nitrogen and oxygen atoms in total. The average Bonchev–Trinajstić information content (AvgIpc) is 2.76. The summed E-state index contributed by atoms with van der Waals surface area (Å²) in [6.45, 7) is 4.03. The van der Waals surface area contributed by atoms with Crippen molar-refractivity contribution in [2.24, 2.45) is 7.05 Å². The minimum Gasteiger partial charge on any atom is -0.486 e. The Bertz CT molecular complexity index is 597. The molecule has 1 aromatic heterocycles. The number of hydrogen-bond donors (Lipinski definition) is 1. The van der Waals surface area contributed by atoms with Crippen LogP contribution in [0.2, 0.25) is 0 Å². The molecular formula is C14H19FN4O. The molecule has 0 bridgehead atoms. The van der Waals surface area contributed by atoms with E-state index in [1.54, 1.807) is 19.2 Å². The first-order valence-electron chi connectivity index (χ1n) is 6.47. The van der Waals surface area contributed by atoms with Gasteiger partial charge in [-0.3, -0.25) is 0 Å². The molecule has 108 valence electrons. The van der Waals surface area contributed by atoms with E-state index in [2.05, 4.69) is 15.5 Å². The minimum absolute atomic E-state index is 0.0366. The fraction of sp³-hybridized carbons (Fsp3) is 0.429. The highest BCUT2D eigenvalue weighted by atomic mass is 19.1. The number of nitrogens with zero attached hydrogens (tertiary/aromatic N) is 3. The van der Waals surface area contributed by atoms with Crippen molar-refractivity contribution in [2.75, 3.05) is 7.05 Å². The zero-order valence-electron chi connectivity index (χ0n) is 12.1. The van der Waals surface area contributed by atoms with E-state index in [1.165, 1.54) is 6.07 Å². The minimum atomic E-state index is -0.279. The van der Waals surface area contributed by atoms with E-state index in [9.17, 15) is 4.39 Å². The molecule has 0 spiro atoms. The third kappa shape index (κ3) is 2.96. The average molecular weight is 278 g/mol. The van der Waals surface area contributed by atoms with Crippen LogP contribution in [0.5, 0.6) is 5.75 Å². The number of nitrogens with one attached hydrogen (secondary N) is 1. The Morgan fingerprint density at radius 1 is 1.40 bits per heavy atom. The molecule has 0 aliphatic heterocycles. The molecule has 0 saturated heterocycles. The van der Waals surface area contributed by atoms with E-state index in [4.69, 9.17) is 4.74 Å². The van der Waals surface area contributed by atoms with Crippen LogP contribution < -0.4 is 10.1 Å². The Labute approximate surface area is 117 Å². The van der Waals surface area contributed by atoms with Crippen molar-refractivity contribution < 1.29 is 9.13 Å². The summed E-state index contributed by atoms with van der Waals surface area (Å²) in [6.07, 6.45) is 0. The molecule has 0 radical (unpaired) electrons. The number of aromatic nitrogens is 3. The van der Waals surface area contributed by atoms with Crippen molar-refractivity contribution in [3.63, 3.8) is 0 Å². The molecule has 1 N–H and O–H groups in total. The van der Waals surface area contributed by atoms with Crippen LogP contribution in [0, 0.1) is 12.7 Å². The summed E-state index contributed by atoms with van der Waals surface area (Å²) in [4.78, 5) is 0. The van der Waals surface area contributed by atoms with Crippen LogP contribution in [0.1, 0.15) is 30.2 Å². The van der Waals surface area contributed by atoms with Gasteiger partial charge in [0.05, 0.1) is 0 Å². The standard InChI is InChI=1S/C14H19FN4O/c1-9(16-3)12-6-5-11(7-13(12)15)20-8-14-18-17-10(2)19(14)4/h5-7,9,16H,8H2,1-4H3. The van der Waals surface area contributed by atoms with E-state index in [1.807, 2.05) is 25.5 Å².